The minimum atomic E-state index is -4.44. The largest absolute Gasteiger partial charge is 0.496 e. The van der Waals surface area contributed by atoms with Gasteiger partial charge in [-0.15, -0.1) is 0 Å². The lowest BCUT2D eigenvalue weighted by Crippen LogP contribution is -2.13. The second-order valence-electron chi connectivity index (χ2n) is 6.27. The van der Waals surface area contributed by atoms with Crippen molar-refractivity contribution in [2.45, 2.75) is 12.8 Å². The van der Waals surface area contributed by atoms with E-state index in [1.54, 1.807) is 42.5 Å². The van der Waals surface area contributed by atoms with Crippen LogP contribution in [0.5, 0.6) is 11.5 Å². The Kier molecular flexibility index (Phi) is 6.52. The minimum Gasteiger partial charge on any atom is -0.496 e. The van der Waals surface area contributed by atoms with E-state index in [1.165, 1.54) is 19.2 Å². The number of amides is 1. The zero-order chi connectivity index (χ0) is 21.7. The van der Waals surface area contributed by atoms with Gasteiger partial charge in [-0.3, -0.25) is 4.79 Å². The van der Waals surface area contributed by atoms with Crippen LogP contribution < -0.4 is 14.8 Å². The number of nitrogens with one attached hydrogen (secondary N) is 1. The monoisotopic (exact) mass is 435 g/mol. The number of hydrogen-bond acceptors (Lipinski definition) is 3. The fourth-order valence-corrected chi connectivity index (χ4v) is 2.89. The SMILES string of the molecule is COc1ccc(C(=O)Nc2ccc(C(F)(F)F)cc2)cc1COc1ccccc1Cl. The van der Waals surface area contributed by atoms with E-state index in [1.807, 2.05) is 0 Å². The first-order valence-corrected chi connectivity index (χ1v) is 9.18. The molecule has 0 aliphatic heterocycles. The lowest BCUT2D eigenvalue weighted by molar-refractivity contribution is -0.137. The summed E-state index contributed by atoms with van der Waals surface area (Å²) in [5.41, 5.74) is 0.368. The van der Waals surface area contributed by atoms with Gasteiger partial charge in [-0.2, -0.15) is 13.2 Å². The number of benzene rings is 3. The van der Waals surface area contributed by atoms with Crippen LogP contribution in [0.25, 0.3) is 0 Å². The molecule has 1 N–H and O–H groups in total. The number of hydrogen-bond donors (Lipinski definition) is 1. The Labute approximate surface area is 176 Å². The van der Waals surface area contributed by atoms with Gasteiger partial charge in [-0.25, -0.2) is 0 Å². The number of methoxy groups -OCH3 is 1. The van der Waals surface area contributed by atoms with Crippen molar-refractivity contribution < 1.29 is 27.4 Å². The highest BCUT2D eigenvalue weighted by molar-refractivity contribution is 6.32. The molecule has 30 heavy (non-hydrogen) atoms. The molecule has 0 radical (unpaired) electrons. The molecule has 0 saturated carbocycles. The fourth-order valence-electron chi connectivity index (χ4n) is 2.70. The van der Waals surface area contributed by atoms with Crippen LogP contribution in [0.1, 0.15) is 21.5 Å². The molecule has 3 aromatic rings. The third-order valence-electron chi connectivity index (χ3n) is 4.23. The molecule has 8 heteroatoms. The van der Waals surface area contributed by atoms with Crippen molar-refractivity contribution in [1.29, 1.82) is 0 Å². The van der Waals surface area contributed by atoms with E-state index in [4.69, 9.17) is 21.1 Å². The van der Waals surface area contributed by atoms with Crippen LogP contribution in [-0.2, 0) is 12.8 Å². The number of ether oxygens (including phenoxy) is 2. The molecule has 156 valence electrons. The average molecular weight is 436 g/mol. The zero-order valence-corrected chi connectivity index (χ0v) is 16.6. The highest BCUT2D eigenvalue weighted by atomic mass is 35.5. The first-order valence-electron chi connectivity index (χ1n) is 8.81. The van der Waals surface area contributed by atoms with E-state index in [0.29, 0.717) is 27.6 Å². The van der Waals surface area contributed by atoms with Crippen molar-refractivity contribution in [3.63, 3.8) is 0 Å². The van der Waals surface area contributed by atoms with E-state index in [9.17, 15) is 18.0 Å². The van der Waals surface area contributed by atoms with Crippen molar-refractivity contribution in [3.8, 4) is 11.5 Å². The van der Waals surface area contributed by atoms with Crippen molar-refractivity contribution in [2.24, 2.45) is 0 Å². The molecule has 3 aromatic carbocycles. The van der Waals surface area contributed by atoms with Gasteiger partial charge in [0.2, 0.25) is 0 Å². The van der Waals surface area contributed by atoms with Crippen molar-refractivity contribution >= 4 is 23.2 Å². The Bertz CT molecular complexity index is 1040. The molecule has 0 aromatic heterocycles. The summed E-state index contributed by atoms with van der Waals surface area (Å²) < 4.78 is 49.0. The van der Waals surface area contributed by atoms with Crippen LogP contribution in [0, 0.1) is 0 Å². The molecule has 0 bridgehead atoms. The lowest BCUT2D eigenvalue weighted by atomic mass is 10.1. The van der Waals surface area contributed by atoms with E-state index >= 15 is 0 Å². The van der Waals surface area contributed by atoms with Gasteiger partial charge >= 0.3 is 6.18 Å². The number of para-hydroxylation sites is 1. The maximum absolute atomic E-state index is 12.7. The van der Waals surface area contributed by atoms with Gasteiger partial charge < -0.3 is 14.8 Å². The first kappa shape index (κ1) is 21.5. The minimum absolute atomic E-state index is 0.105. The molecular formula is C22H17ClF3NO3. The second kappa shape index (κ2) is 9.09. The molecular weight excluding hydrogens is 419 g/mol. The highest BCUT2D eigenvalue weighted by Gasteiger charge is 2.30. The quantitative estimate of drug-likeness (QED) is 0.501. The second-order valence-corrected chi connectivity index (χ2v) is 6.68. The van der Waals surface area contributed by atoms with Crippen molar-refractivity contribution in [1.82, 2.24) is 0 Å². The molecule has 0 atom stereocenters. The maximum Gasteiger partial charge on any atom is 0.416 e. The average Bonchev–Trinajstić information content (AvgIpc) is 2.72. The molecule has 3 rings (SSSR count). The van der Waals surface area contributed by atoms with Crippen LogP contribution in [0.4, 0.5) is 18.9 Å². The summed E-state index contributed by atoms with van der Waals surface area (Å²) in [6.07, 6.45) is -4.44. The molecule has 1 amide bonds. The molecule has 0 spiro atoms. The number of halogens is 4. The van der Waals surface area contributed by atoms with Gasteiger partial charge in [-0.1, -0.05) is 23.7 Å². The number of carbonyl (C=O) groups is 1. The Balaban J connectivity index is 1.75. The van der Waals surface area contributed by atoms with Gasteiger partial charge in [0.05, 0.1) is 17.7 Å². The molecule has 0 fully saturated rings. The maximum atomic E-state index is 12.7. The van der Waals surface area contributed by atoms with Crippen LogP contribution in [0.2, 0.25) is 5.02 Å². The highest BCUT2D eigenvalue weighted by Crippen LogP contribution is 2.30. The smallest absolute Gasteiger partial charge is 0.416 e. The predicted molar refractivity (Wildman–Crippen MR) is 108 cm³/mol. The summed E-state index contributed by atoms with van der Waals surface area (Å²) in [5, 5.41) is 3.03. The van der Waals surface area contributed by atoms with Crippen LogP contribution in [-0.4, -0.2) is 13.0 Å². The van der Waals surface area contributed by atoms with Gasteiger partial charge in [0.15, 0.2) is 0 Å². The van der Waals surface area contributed by atoms with E-state index < -0.39 is 17.6 Å². The summed E-state index contributed by atoms with van der Waals surface area (Å²) in [5.74, 6) is 0.533. The van der Waals surface area contributed by atoms with Gasteiger partial charge in [0, 0.05) is 16.8 Å². The Morgan fingerprint density at radius 1 is 1.00 bits per heavy atom. The number of anilines is 1. The van der Waals surface area contributed by atoms with Crippen LogP contribution in [0.3, 0.4) is 0 Å². The van der Waals surface area contributed by atoms with E-state index in [0.717, 1.165) is 12.1 Å². The predicted octanol–water partition coefficient (Wildman–Crippen LogP) is 6.20. The zero-order valence-electron chi connectivity index (χ0n) is 15.8. The third kappa shape index (κ3) is 5.24. The number of rotatable bonds is 6. The summed E-state index contributed by atoms with van der Waals surface area (Å²) in [4.78, 5) is 12.5. The van der Waals surface area contributed by atoms with Gasteiger partial charge in [-0.05, 0) is 54.6 Å². The Hall–Kier alpha value is -3.19. The van der Waals surface area contributed by atoms with Crippen molar-refractivity contribution in [2.75, 3.05) is 12.4 Å². The van der Waals surface area contributed by atoms with Gasteiger partial charge in [0.1, 0.15) is 18.1 Å². The lowest BCUT2D eigenvalue weighted by Gasteiger charge is -2.13. The molecule has 0 aliphatic rings. The molecule has 0 unspecified atom stereocenters. The number of carbonyl (C=O) groups excluding carboxylic acids is 1. The van der Waals surface area contributed by atoms with E-state index in [-0.39, 0.29) is 12.3 Å². The molecule has 0 aliphatic carbocycles. The summed E-state index contributed by atoms with van der Waals surface area (Å²) in [6.45, 7) is 0.105. The third-order valence-corrected chi connectivity index (χ3v) is 4.54. The van der Waals surface area contributed by atoms with Crippen molar-refractivity contribution in [3.05, 3.63) is 88.4 Å². The molecule has 0 saturated heterocycles. The Morgan fingerprint density at radius 3 is 2.33 bits per heavy atom. The Morgan fingerprint density at radius 2 is 1.70 bits per heavy atom. The topological polar surface area (TPSA) is 47.6 Å². The number of alkyl halides is 3. The molecule has 4 nitrogen and oxygen atoms in total. The summed E-state index contributed by atoms with van der Waals surface area (Å²) in [7, 11) is 1.50. The normalized spacial score (nSPS) is 11.1. The standard InChI is InChI=1S/C22H17ClF3NO3/c1-29-19-11-6-14(12-15(19)13-30-20-5-3-2-4-18(20)23)21(28)27-17-9-7-16(8-10-17)22(24,25)26/h2-12H,13H2,1H3,(H,27,28). The van der Waals surface area contributed by atoms with Gasteiger partial charge in [0.25, 0.3) is 5.91 Å². The summed E-state index contributed by atoms with van der Waals surface area (Å²) >= 11 is 6.08. The van der Waals surface area contributed by atoms with E-state index in [2.05, 4.69) is 5.32 Å². The first-order chi connectivity index (χ1) is 14.3. The summed E-state index contributed by atoms with van der Waals surface area (Å²) in [6, 6.07) is 16.0. The molecule has 0 heterocycles. The fraction of sp³-hybridized carbons (Fsp3) is 0.136. The van der Waals surface area contributed by atoms with Crippen LogP contribution >= 0.6 is 11.6 Å². The van der Waals surface area contributed by atoms with Crippen LogP contribution in [0.15, 0.2) is 66.7 Å².